The number of primary amides is 1. The first-order valence-electron chi connectivity index (χ1n) is 8.12. The average Bonchev–Trinajstić information content (AvgIpc) is 3.11. The van der Waals surface area contributed by atoms with E-state index in [-0.39, 0.29) is 17.1 Å². The molecule has 1 amide bonds. The number of benzene rings is 1. The molecule has 0 bridgehead atoms. The molecule has 27 heavy (non-hydrogen) atoms. The number of carbonyl (C=O) groups excluding carboxylic acids is 1. The number of halogens is 1. The van der Waals surface area contributed by atoms with E-state index >= 15 is 0 Å². The van der Waals surface area contributed by atoms with E-state index in [1.165, 1.54) is 12.1 Å². The number of hydrogen-bond acceptors (Lipinski definition) is 5. The fraction of sp³-hybridized carbons (Fsp3) is 0.0526. The highest BCUT2D eigenvalue weighted by Crippen LogP contribution is 2.37. The van der Waals surface area contributed by atoms with Crippen molar-refractivity contribution in [2.75, 3.05) is 5.73 Å². The third kappa shape index (κ3) is 2.77. The van der Waals surface area contributed by atoms with Gasteiger partial charge in [0, 0.05) is 10.9 Å². The number of hydrogen-bond donors (Lipinski definition) is 3. The van der Waals surface area contributed by atoms with Crippen molar-refractivity contribution in [3.8, 4) is 22.5 Å². The van der Waals surface area contributed by atoms with Crippen LogP contribution in [0.25, 0.3) is 33.4 Å². The molecular weight excluding hydrogens is 347 g/mol. The van der Waals surface area contributed by atoms with Crippen molar-refractivity contribution in [2.24, 2.45) is 5.73 Å². The van der Waals surface area contributed by atoms with Gasteiger partial charge in [-0.2, -0.15) is 9.49 Å². The summed E-state index contributed by atoms with van der Waals surface area (Å²) in [5, 5.41) is 7.82. The summed E-state index contributed by atoms with van der Waals surface area (Å²) in [5.74, 6) is -1.43. The number of rotatable bonds is 3. The number of nitrogens with two attached hydrogens (primary N) is 2. The van der Waals surface area contributed by atoms with Crippen LogP contribution in [0.15, 0.2) is 42.6 Å². The summed E-state index contributed by atoms with van der Waals surface area (Å²) in [5.41, 5.74) is 15.4. The molecule has 5 N–H and O–H groups in total. The minimum atomic E-state index is -0.774. The van der Waals surface area contributed by atoms with E-state index in [1.807, 2.05) is 19.1 Å². The Bertz CT molecular complexity index is 1200. The van der Waals surface area contributed by atoms with Gasteiger partial charge in [-0.05, 0) is 42.3 Å². The number of amides is 1. The van der Waals surface area contributed by atoms with Crippen LogP contribution in [-0.4, -0.2) is 26.1 Å². The van der Waals surface area contributed by atoms with Gasteiger partial charge in [-0.15, -0.1) is 0 Å². The quantitative estimate of drug-likeness (QED) is 0.484. The lowest BCUT2D eigenvalue weighted by molar-refractivity contribution is 0.0996. The molecule has 0 unspecified atom stereocenters. The standard InChI is InChI=1S/C19H15FN6O/c1-9-5-6-12-11(8-23-26-12)16(9)10-7-14(13-3-2-4-15(20)24-13)25-18(17(10)21)19(22)27/h2-8H,21H2,1H3,(H2,22,27)(H,23,26). The second-order valence-electron chi connectivity index (χ2n) is 6.12. The maximum atomic E-state index is 13.6. The number of aryl methyl sites for hydroxylation is 1. The second kappa shape index (κ2) is 6.17. The zero-order valence-electron chi connectivity index (χ0n) is 14.3. The summed E-state index contributed by atoms with van der Waals surface area (Å²) in [6.07, 6.45) is 1.68. The van der Waals surface area contributed by atoms with Gasteiger partial charge < -0.3 is 11.5 Å². The Labute approximate surface area is 153 Å². The van der Waals surface area contributed by atoms with Gasteiger partial charge in [0.1, 0.15) is 0 Å². The van der Waals surface area contributed by atoms with Gasteiger partial charge in [0.2, 0.25) is 5.95 Å². The van der Waals surface area contributed by atoms with Crippen molar-refractivity contribution < 1.29 is 9.18 Å². The predicted molar refractivity (Wildman–Crippen MR) is 100 cm³/mol. The molecule has 134 valence electrons. The summed E-state index contributed by atoms with van der Waals surface area (Å²) in [6, 6.07) is 9.84. The largest absolute Gasteiger partial charge is 0.396 e. The smallest absolute Gasteiger partial charge is 0.269 e. The fourth-order valence-electron chi connectivity index (χ4n) is 3.12. The Balaban J connectivity index is 2.07. The highest BCUT2D eigenvalue weighted by molar-refractivity contribution is 6.05. The van der Waals surface area contributed by atoms with Gasteiger partial charge in [-0.1, -0.05) is 12.1 Å². The Kier molecular flexibility index (Phi) is 3.80. The van der Waals surface area contributed by atoms with Crippen LogP contribution < -0.4 is 11.5 Å². The molecule has 0 aliphatic rings. The van der Waals surface area contributed by atoms with E-state index in [0.29, 0.717) is 11.3 Å². The lowest BCUT2D eigenvalue weighted by Crippen LogP contribution is -2.17. The molecule has 0 aliphatic carbocycles. The van der Waals surface area contributed by atoms with Crippen LogP contribution in [0, 0.1) is 12.9 Å². The van der Waals surface area contributed by atoms with E-state index < -0.39 is 11.9 Å². The summed E-state index contributed by atoms with van der Waals surface area (Å²) >= 11 is 0. The Morgan fingerprint density at radius 2 is 1.96 bits per heavy atom. The number of nitrogens with one attached hydrogen (secondary N) is 1. The maximum absolute atomic E-state index is 13.6. The van der Waals surface area contributed by atoms with Crippen molar-refractivity contribution in [1.29, 1.82) is 0 Å². The van der Waals surface area contributed by atoms with Crippen molar-refractivity contribution in [1.82, 2.24) is 20.2 Å². The SMILES string of the molecule is Cc1ccc2[nH]ncc2c1-c1cc(-c2cccc(F)n2)nc(C(N)=O)c1N. The molecule has 0 saturated carbocycles. The first-order chi connectivity index (χ1) is 13.0. The molecule has 0 aliphatic heterocycles. The maximum Gasteiger partial charge on any atom is 0.269 e. The molecule has 3 heterocycles. The van der Waals surface area contributed by atoms with E-state index in [9.17, 15) is 9.18 Å². The number of nitrogen functional groups attached to an aromatic ring is 1. The predicted octanol–water partition coefficient (Wildman–Crippen LogP) is 2.82. The normalized spacial score (nSPS) is 11.0. The van der Waals surface area contributed by atoms with Gasteiger partial charge in [-0.25, -0.2) is 9.97 Å². The van der Waals surface area contributed by atoms with Crippen LogP contribution >= 0.6 is 0 Å². The number of aromatic nitrogens is 4. The number of anilines is 1. The summed E-state index contributed by atoms with van der Waals surface area (Å²) in [4.78, 5) is 20.0. The van der Waals surface area contributed by atoms with Gasteiger partial charge in [-0.3, -0.25) is 9.89 Å². The van der Waals surface area contributed by atoms with E-state index in [0.717, 1.165) is 22.0 Å². The van der Waals surface area contributed by atoms with E-state index in [2.05, 4.69) is 20.2 Å². The third-order valence-electron chi connectivity index (χ3n) is 4.37. The Morgan fingerprint density at radius 3 is 2.70 bits per heavy atom. The zero-order chi connectivity index (χ0) is 19.1. The summed E-state index contributed by atoms with van der Waals surface area (Å²) in [6.45, 7) is 1.92. The monoisotopic (exact) mass is 362 g/mol. The van der Waals surface area contributed by atoms with Crippen LogP contribution in [0.3, 0.4) is 0 Å². The first kappa shape index (κ1) is 16.6. The molecule has 0 spiro atoms. The second-order valence-corrected chi connectivity index (χ2v) is 6.12. The minimum absolute atomic E-state index is 0.0894. The molecule has 4 rings (SSSR count). The van der Waals surface area contributed by atoms with E-state index in [1.54, 1.807) is 18.3 Å². The molecule has 4 aromatic rings. The van der Waals surface area contributed by atoms with Crippen LogP contribution in [-0.2, 0) is 0 Å². The van der Waals surface area contributed by atoms with Gasteiger partial charge in [0.25, 0.3) is 5.91 Å². The molecule has 3 aromatic heterocycles. The molecule has 7 nitrogen and oxygen atoms in total. The van der Waals surface area contributed by atoms with Gasteiger partial charge in [0.15, 0.2) is 5.69 Å². The summed E-state index contributed by atoms with van der Waals surface area (Å²) in [7, 11) is 0. The van der Waals surface area contributed by atoms with Crippen LogP contribution in [0.2, 0.25) is 0 Å². The molecule has 0 atom stereocenters. The molecule has 0 radical (unpaired) electrons. The zero-order valence-corrected chi connectivity index (χ0v) is 14.3. The third-order valence-corrected chi connectivity index (χ3v) is 4.37. The summed E-state index contributed by atoms with van der Waals surface area (Å²) < 4.78 is 13.6. The van der Waals surface area contributed by atoms with Crippen molar-refractivity contribution in [2.45, 2.75) is 6.92 Å². The van der Waals surface area contributed by atoms with Crippen molar-refractivity contribution in [3.05, 3.63) is 59.8 Å². The average molecular weight is 362 g/mol. The number of carbonyl (C=O) groups is 1. The van der Waals surface area contributed by atoms with Crippen LogP contribution in [0.1, 0.15) is 16.1 Å². The highest BCUT2D eigenvalue weighted by Gasteiger charge is 2.20. The lowest BCUT2D eigenvalue weighted by atomic mass is 9.94. The molecule has 8 heteroatoms. The van der Waals surface area contributed by atoms with Crippen LogP contribution in [0.5, 0.6) is 0 Å². The van der Waals surface area contributed by atoms with Crippen molar-refractivity contribution >= 4 is 22.5 Å². The minimum Gasteiger partial charge on any atom is -0.396 e. The molecule has 0 fully saturated rings. The lowest BCUT2D eigenvalue weighted by Gasteiger charge is -2.14. The Hall–Kier alpha value is -3.81. The topological polar surface area (TPSA) is 124 Å². The number of aromatic amines is 1. The molecule has 1 aromatic carbocycles. The van der Waals surface area contributed by atoms with Crippen LogP contribution in [0.4, 0.5) is 10.1 Å². The number of fused-ring (bicyclic) bond motifs is 1. The number of H-pyrrole nitrogens is 1. The molecule has 0 saturated heterocycles. The Morgan fingerprint density at radius 1 is 1.15 bits per heavy atom. The van der Waals surface area contributed by atoms with E-state index in [4.69, 9.17) is 11.5 Å². The molecular formula is C19H15FN6O. The first-order valence-corrected chi connectivity index (χ1v) is 8.12. The highest BCUT2D eigenvalue weighted by atomic mass is 19.1. The number of pyridine rings is 2. The number of nitrogens with zero attached hydrogens (tertiary/aromatic N) is 3. The fourth-order valence-corrected chi connectivity index (χ4v) is 3.12. The van der Waals surface area contributed by atoms with Gasteiger partial charge in [0.05, 0.1) is 28.8 Å². The van der Waals surface area contributed by atoms with Crippen molar-refractivity contribution in [3.63, 3.8) is 0 Å². The van der Waals surface area contributed by atoms with Gasteiger partial charge >= 0.3 is 0 Å².